The van der Waals surface area contributed by atoms with Gasteiger partial charge in [0.2, 0.25) is 0 Å². The molecule has 0 spiro atoms. The van der Waals surface area contributed by atoms with Crippen molar-refractivity contribution in [3.05, 3.63) is 35.4 Å². The van der Waals surface area contributed by atoms with Crippen molar-refractivity contribution < 1.29 is 9.18 Å². The van der Waals surface area contributed by atoms with Crippen LogP contribution in [0.15, 0.2) is 18.5 Å². The minimum absolute atomic E-state index is 0.253. The van der Waals surface area contributed by atoms with Crippen LogP contribution in [0.3, 0.4) is 0 Å². The molecule has 2 aromatic heterocycles. The van der Waals surface area contributed by atoms with Crippen LogP contribution in [0.1, 0.15) is 41.5 Å². The number of amides is 1. The van der Waals surface area contributed by atoms with Crippen molar-refractivity contribution in [3.8, 4) is 0 Å². The molecule has 21 heavy (non-hydrogen) atoms. The summed E-state index contributed by atoms with van der Waals surface area (Å²) in [5.41, 5.74) is 2.09. The zero-order chi connectivity index (χ0) is 15.6. The number of alkyl halides is 1. The minimum atomic E-state index is -1.09. The van der Waals surface area contributed by atoms with E-state index in [1.807, 2.05) is 0 Å². The third-order valence-corrected chi connectivity index (χ3v) is 3.57. The van der Waals surface area contributed by atoms with Crippen LogP contribution in [-0.4, -0.2) is 39.5 Å². The molecule has 2 unspecified atom stereocenters. The lowest BCUT2D eigenvalue weighted by atomic mass is 9.98. The topological polar surface area (TPSA) is 74.8 Å². The number of anilines is 1. The second-order valence-electron chi connectivity index (χ2n) is 5.04. The number of carbonyl (C=O) groups is 1. The van der Waals surface area contributed by atoms with Crippen LogP contribution in [-0.2, 0) is 0 Å². The van der Waals surface area contributed by atoms with E-state index in [1.165, 1.54) is 24.2 Å². The predicted molar refractivity (Wildman–Crippen MR) is 77.1 cm³/mol. The van der Waals surface area contributed by atoms with Crippen molar-refractivity contribution in [1.82, 2.24) is 20.4 Å². The zero-order valence-electron chi connectivity index (χ0n) is 12.5. The van der Waals surface area contributed by atoms with Crippen molar-refractivity contribution in [2.24, 2.45) is 0 Å². The smallest absolute Gasteiger partial charge is 0.261 e. The highest BCUT2D eigenvalue weighted by Gasteiger charge is 2.27. The molecule has 0 radical (unpaired) electrons. The minimum Gasteiger partial charge on any atom is -0.310 e. The molecule has 0 aliphatic rings. The maximum Gasteiger partial charge on any atom is 0.261 e. The van der Waals surface area contributed by atoms with Gasteiger partial charge in [0.1, 0.15) is 6.17 Å². The van der Waals surface area contributed by atoms with E-state index in [0.717, 1.165) is 0 Å². The summed E-state index contributed by atoms with van der Waals surface area (Å²) in [5, 5.41) is 14.3. The fourth-order valence-electron chi connectivity index (χ4n) is 2.03. The summed E-state index contributed by atoms with van der Waals surface area (Å²) in [6, 6.07) is 1.68. The van der Waals surface area contributed by atoms with Gasteiger partial charge >= 0.3 is 0 Å². The maximum atomic E-state index is 13.6. The van der Waals surface area contributed by atoms with Crippen LogP contribution in [0.4, 0.5) is 10.1 Å². The van der Waals surface area contributed by atoms with Gasteiger partial charge in [-0.05, 0) is 19.9 Å². The van der Waals surface area contributed by atoms with E-state index in [0.29, 0.717) is 22.6 Å². The van der Waals surface area contributed by atoms with Crippen molar-refractivity contribution in [3.63, 3.8) is 0 Å². The monoisotopic (exact) mass is 291 g/mol. The molecule has 0 fully saturated rings. The lowest BCUT2D eigenvalue weighted by Crippen LogP contribution is -2.28. The lowest BCUT2D eigenvalue weighted by Gasteiger charge is -2.18. The summed E-state index contributed by atoms with van der Waals surface area (Å²) in [7, 11) is 1.64. The third kappa shape index (κ3) is 2.91. The summed E-state index contributed by atoms with van der Waals surface area (Å²) in [6.45, 7) is 4.92. The van der Waals surface area contributed by atoms with E-state index in [9.17, 15) is 9.18 Å². The fraction of sp³-hybridized carbons (Fsp3) is 0.429. The maximum absolute atomic E-state index is 13.6. The molecule has 0 aromatic carbocycles. The number of hydrogen-bond donors (Lipinski definition) is 1. The van der Waals surface area contributed by atoms with Gasteiger partial charge in [0.15, 0.2) is 0 Å². The molecular weight excluding hydrogens is 273 g/mol. The Hall–Kier alpha value is -2.31. The van der Waals surface area contributed by atoms with Crippen molar-refractivity contribution >= 4 is 11.6 Å². The highest BCUT2D eigenvalue weighted by Crippen LogP contribution is 2.26. The fourth-order valence-corrected chi connectivity index (χ4v) is 2.03. The number of aromatic nitrogens is 4. The molecule has 0 saturated heterocycles. The molecule has 112 valence electrons. The quantitative estimate of drug-likeness (QED) is 0.937. The molecule has 2 heterocycles. The van der Waals surface area contributed by atoms with E-state index in [-0.39, 0.29) is 5.91 Å². The first kappa shape index (κ1) is 15.1. The average Bonchev–Trinajstić information content (AvgIpc) is 2.87. The summed E-state index contributed by atoms with van der Waals surface area (Å²) in [6.07, 6.45) is 1.91. The molecule has 1 N–H and O–H groups in total. The van der Waals surface area contributed by atoms with Gasteiger partial charge in [-0.2, -0.15) is 15.3 Å². The summed E-state index contributed by atoms with van der Waals surface area (Å²) >= 11 is 0. The molecule has 0 aliphatic carbocycles. The number of hydrogen-bond acceptors (Lipinski definition) is 4. The number of nitrogens with one attached hydrogen (secondary N) is 1. The van der Waals surface area contributed by atoms with Crippen molar-refractivity contribution in [2.45, 2.75) is 32.9 Å². The van der Waals surface area contributed by atoms with Gasteiger partial charge in [-0.3, -0.25) is 9.89 Å². The summed E-state index contributed by atoms with van der Waals surface area (Å²) < 4.78 is 13.6. The largest absolute Gasteiger partial charge is 0.310 e. The van der Waals surface area contributed by atoms with Crippen LogP contribution >= 0.6 is 0 Å². The standard InChI is InChI=1S/C14H18FN5O/c1-8(9(2)15)13-12(10(3)18-19-13)14(21)20(4)11-5-6-16-17-7-11/h5-9H,1-4H3,(H,18,19). The summed E-state index contributed by atoms with van der Waals surface area (Å²) in [4.78, 5) is 14.1. The van der Waals surface area contributed by atoms with E-state index in [2.05, 4.69) is 20.4 Å². The average molecular weight is 291 g/mol. The molecule has 0 saturated carbocycles. The Morgan fingerprint density at radius 2 is 2.10 bits per heavy atom. The Kier molecular flexibility index (Phi) is 4.30. The first-order valence-electron chi connectivity index (χ1n) is 6.67. The van der Waals surface area contributed by atoms with Gasteiger partial charge in [0.25, 0.3) is 5.91 Å². The Morgan fingerprint density at radius 3 is 2.67 bits per heavy atom. The number of aromatic amines is 1. The molecule has 2 atom stereocenters. The molecule has 2 rings (SSSR count). The van der Waals surface area contributed by atoms with E-state index >= 15 is 0 Å². The number of aryl methyl sites for hydroxylation is 1. The van der Waals surface area contributed by atoms with Gasteiger partial charge in [-0.15, -0.1) is 0 Å². The molecular formula is C14H18FN5O. The Balaban J connectivity index is 2.38. The number of H-pyrrole nitrogens is 1. The molecule has 1 amide bonds. The highest BCUT2D eigenvalue weighted by molar-refractivity contribution is 6.07. The Morgan fingerprint density at radius 1 is 1.38 bits per heavy atom. The second kappa shape index (κ2) is 5.99. The zero-order valence-corrected chi connectivity index (χ0v) is 12.5. The molecule has 2 aromatic rings. The van der Waals surface area contributed by atoms with Crippen LogP contribution in [0.25, 0.3) is 0 Å². The molecule has 0 bridgehead atoms. The summed E-state index contributed by atoms with van der Waals surface area (Å²) in [5.74, 6) is -0.713. The van der Waals surface area contributed by atoms with Crippen LogP contribution in [0.2, 0.25) is 0 Å². The van der Waals surface area contributed by atoms with E-state index < -0.39 is 12.1 Å². The van der Waals surface area contributed by atoms with Gasteiger partial charge in [-0.25, -0.2) is 4.39 Å². The first-order chi connectivity index (χ1) is 9.93. The van der Waals surface area contributed by atoms with Gasteiger partial charge < -0.3 is 4.90 Å². The lowest BCUT2D eigenvalue weighted by molar-refractivity contribution is 0.0990. The number of carbonyl (C=O) groups excluding carboxylic acids is 1. The van der Waals surface area contributed by atoms with Crippen LogP contribution in [0, 0.1) is 6.92 Å². The van der Waals surface area contributed by atoms with Gasteiger partial charge in [0.05, 0.1) is 29.3 Å². The highest BCUT2D eigenvalue weighted by atomic mass is 19.1. The molecule has 6 nitrogen and oxygen atoms in total. The third-order valence-electron chi connectivity index (χ3n) is 3.57. The Labute approximate surface area is 122 Å². The number of rotatable bonds is 4. The number of nitrogens with zero attached hydrogens (tertiary/aromatic N) is 4. The van der Waals surface area contributed by atoms with Crippen molar-refractivity contribution in [2.75, 3.05) is 11.9 Å². The van der Waals surface area contributed by atoms with E-state index in [4.69, 9.17) is 0 Å². The second-order valence-corrected chi connectivity index (χ2v) is 5.04. The van der Waals surface area contributed by atoms with Gasteiger partial charge in [-0.1, -0.05) is 6.92 Å². The predicted octanol–water partition coefficient (Wildman–Crippen LogP) is 2.25. The molecule has 0 aliphatic heterocycles. The van der Waals surface area contributed by atoms with Crippen molar-refractivity contribution in [1.29, 1.82) is 0 Å². The molecule has 7 heteroatoms. The SMILES string of the molecule is Cc1[nH]nc(C(C)C(C)F)c1C(=O)N(C)c1ccnnc1. The van der Waals surface area contributed by atoms with E-state index in [1.54, 1.807) is 27.0 Å². The van der Waals surface area contributed by atoms with Crippen LogP contribution < -0.4 is 4.90 Å². The van der Waals surface area contributed by atoms with Gasteiger partial charge in [0, 0.05) is 18.7 Å². The van der Waals surface area contributed by atoms with Crippen LogP contribution in [0.5, 0.6) is 0 Å². The number of halogens is 1. The first-order valence-corrected chi connectivity index (χ1v) is 6.67. The normalized spacial score (nSPS) is 13.8. The Bertz CT molecular complexity index is 626.